The molecule has 6 nitrogen and oxygen atoms in total. The van der Waals surface area contributed by atoms with Crippen LogP contribution in [0.3, 0.4) is 0 Å². The number of allylic oxidation sites excluding steroid dienone is 1. The molecule has 0 unspecified atom stereocenters. The van der Waals surface area contributed by atoms with Crippen LogP contribution in [-0.2, 0) is 19.1 Å². The molecule has 0 aromatic carbocycles. The summed E-state index contributed by atoms with van der Waals surface area (Å²) in [4.78, 5) is 34.1. The second-order valence-electron chi connectivity index (χ2n) is 2.66. The highest BCUT2D eigenvalue weighted by atomic mass is 16.5. The van der Waals surface area contributed by atoms with Crippen molar-refractivity contribution >= 4 is 18.0 Å². The Morgan fingerprint density at radius 3 is 2.75 bits per heavy atom. The van der Waals surface area contributed by atoms with Crippen LogP contribution >= 0.6 is 0 Å². The molecule has 0 fully saturated rings. The molecule has 0 saturated carbocycles. The third kappa shape index (κ3) is 7.23. The Kier molecular flexibility index (Phi) is 7.02. The lowest BCUT2D eigenvalue weighted by Gasteiger charge is -2.02. The van der Waals surface area contributed by atoms with Crippen LogP contribution in [-0.4, -0.2) is 36.3 Å². The Hall–Kier alpha value is -2.20. The second-order valence-corrected chi connectivity index (χ2v) is 2.66. The van der Waals surface area contributed by atoms with Crippen molar-refractivity contribution in [2.45, 2.75) is 6.42 Å². The van der Waals surface area contributed by atoms with Crippen LogP contribution in [0.5, 0.6) is 0 Å². The van der Waals surface area contributed by atoms with Crippen LogP contribution in [0.4, 0.5) is 0 Å². The van der Waals surface area contributed by atoms with Crippen molar-refractivity contribution in [2.24, 2.45) is 4.99 Å². The van der Waals surface area contributed by atoms with Gasteiger partial charge in [0.05, 0.1) is 6.54 Å². The van der Waals surface area contributed by atoms with Gasteiger partial charge in [-0.05, 0) is 6.42 Å². The number of esters is 1. The van der Waals surface area contributed by atoms with Crippen molar-refractivity contribution in [3.63, 3.8) is 0 Å². The third-order valence-electron chi connectivity index (χ3n) is 1.41. The van der Waals surface area contributed by atoms with Crippen LogP contribution in [0.1, 0.15) is 6.42 Å². The van der Waals surface area contributed by atoms with Gasteiger partial charge < -0.3 is 9.84 Å². The van der Waals surface area contributed by atoms with E-state index in [4.69, 9.17) is 5.11 Å². The number of carbonyl (C=O) groups excluding carboxylic acids is 2. The number of nitrogens with zero attached hydrogens (tertiary/aromatic N) is 1. The number of rotatable bonds is 7. The van der Waals surface area contributed by atoms with Gasteiger partial charge in [-0.2, -0.15) is 0 Å². The van der Waals surface area contributed by atoms with Gasteiger partial charge in [-0.25, -0.2) is 19.4 Å². The molecule has 86 valence electrons. The largest absolute Gasteiger partial charge is 0.478 e. The highest BCUT2D eigenvalue weighted by Gasteiger charge is 2.06. The van der Waals surface area contributed by atoms with Gasteiger partial charge in [-0.1, -0.05) is 12.7 Å². The smallest absolute Gasteiger partial charge is 0.333 e. The number of carbonyl (C=O) groups is 2. The Bertz CT molecular complexity index is 352. The summed E-state index contributed by atoms with van der Waals surface area (Å²) in [5.41, 5.74) is 0.132. The highest BCUT2D eigenvalue weighted by Crippen LogP contribution is 2.02. The molecule has 0 aromatic rings. The molecule has 0 spiro atoms. The molecule has 0 aliphatic heterocycles. The summed E-state index contributed by atoms with van der Waals surface area (Å²) in [5.74, 6) is -1.74. The lowest BCUT2D eigenvalue weighted by Crippen LogP contribution is -2.09. The molecule has 0 heterocycles. The maximum Gasteiger partial charge on any atom is 0.333 e. The van der Waals surface area contributed by atoms with Crippen LogP contribution in [0, 0.1) is 0 Å². The molecule has 0 aliphatic carbocycles. The molecule has 0 saturated heterocycles. The number of ether oxygens (including phenoxy) is 1. The van der Waals surface area contributed by atoms with E-state index in [1.165, 1.54) is 12.2 Å². The molecule has 0 radical (unpaired) electrons. The first-order valence-electron chi connectivity index (χ1n) is 4.36. The van der Waals surface area contributed by atoms with Crippen molar-refractivity contribution in [2.75, 3.05) is 13.2 Å². The minimum atomic E-state index is -1.10. The van der Waals surface area contributed by atoms with E-state index >= 15 is 0 Å². The normalized spacial score (nSPS) is 9.50. The summed E-state index contributed by atoms with van der Waals surface area (Å²) >= 11 is 0. The van der Waals surface area contributed by atoms with Gasteiger partial charge in [0.1, 0.15) is 6.61 Å². The van der Waals surface area contributed by atoms with Crippen molar-refractivity contribution in [1.82, 2.24) is 0 Å². The summed E-state index contributed by atoms with van der Waals surface area (Å²) in [6.07, 6.45) is 3.60. The van der Waals surface area contributed by atoms with E-state index in [0.29, 0.717) is 0 Å². The number of aliphatic carboxylic acids is 1. The molecule has 0 aromatic heterocycles. The van der Waals surface area contributed by atoms with Gasteiger partial charge in [0, 0.05) is 11.6 Å². The zero-order valence-corrected chi connectivity index (χ0v) is 8.51. The maximum atomic E-state index is 11.1. The number of carboxylic acids is 1. The molecule has 0 rings (SSSR count). The average molecular weight is 225 g/mol. The van der Waals surface area contributed by atoms with Crippen molar-refractivity contribution < 1.29 is 24.2 Å². The SMILES string of the molecule is C=C(CC=CC(=O)O)C(=O)OCCN=C=O. The van der Waals surface area contributed by atoms with E-state index in [1.807, 2.05) is 0 Å². The molecular weight excluding hydrogens is 214 g/mol. The number of isocyanates is 1. The molecule has 0 aliphatic rings. The number of carboxylic acid groups (broad SMARTS) is 1. The first-order chi connectivity index (χ1) is 7.57. The minimum absolute atomic E-state index is 0.0320. The van der Waals surface area contributed by atoms with Crippen molar-refractivity contribution in [3.05, 3.63) is 24.3 Å². The van der Waals surface area contributed by atoms with Crippen LogP contribution in [0.2, 0.25) is 0 Å². The number of aliphatic imine (C=N–C) groups is 1. The predicted molar refractivity (Wildman–Crippen MR) is 54.5 cm³/mol. The Morgan fingerprint density at radius 1 is 1.50 bits per heavy atom. The standard InChI is InChI=1S/C10H11NO5/c1-8(3-2-4-9(13)14)10(15)16-6-5-11-7-12/h2,4H,1,3,5-6H2,(H,13,14). The van der Waals surface area contributed by atoms with Gasteiger partial charge in [0.2, 0.25) is 6.08 Å². The van der Waals surface area contributed by atoms with E-state index < -0.39 is 11.9 Å². The number of hydrogen-bond acceptors (Lipinski definition) is 5. The summed E-state index contributed by atoms with van der Waals surface area (Å²) in [5, 5.41) is 8.28. The number of hydrogen-bond donors (Lipinski definition) is 1. The van der Waals surface area contributed by atoms with Gasteiger partial charge >= 0.3 is 11.9 Å². The van der Waals surface area contributed by atoms with Crippen LogP contribution < -0.4 is 0 Å². The quantitative estimate of drug-likeness (QED) is 0.223. The minimum Gasteiger partial charge on any atom is -0.478 e. The predicted octanol–water partition coefficient (Wildman–Crippen LogP) is 0.452. The zero-order valence-electron chi connectivity index (χ0n) is 8.51. The maximum absolute atomic E-state index is 11.1. The van der Waals surface area contributed by atoms with Crippen LogP contribution in [0.25, 0.3) is 0 Å². The van der Waals surface area contributed by atoms with Gasteiger partial charge in [-0.3, -0.25) is 0 Å². The first-order valence-corrected chi connectivity index (χ1v) is 4.36. The molecule has 6 heteroatoms. The van der Waals surface area contributed by atoms with Crippen molar-refractivity contribution in [1.29, 1.82) is 0 Å². The monoisotopic (exact) mass is 225 g/mol. The molecule has 0 bridgehead atoms. The van der Waals surface area contributed by atoms with Crippen molar-refractivity contribution in [3.8, 4) is 0 Å². The lowest BCUT2D eigenvalue weighted by molar-refractivity contribution is -0.138. The second kappa shape index (κ2) is 8.14. The van der Waals surface area contributed by atoms with Gasteiger partial charge in [-0.15, -0.1) is 0 Å². The summed E-state index contributed by atoms with van der Waals surface area (Å²) in [7, 11) is 0. The lowest BCUT2D eigenvalue weighted by atomic mass is 10.2. The van der Waals surface area contributed by atoms with E-state index in [1.54, 1.807) is 0 Å². The highest BCUT2D eigenvalue weighted by molar-refractivity contribution is 5.88. The van der Waals surface area contributed by atoms with Crippen LogP contribution in [0.15, 0.2) is 29.3 Å². The summed E-state index contributed by atoms with van der Waals surface area (Å²) in [6.45, 7) is 3.44. The fourth-order valence-electron chi connectivity index (χ4n) is 0.717. The Labute approximate surface area is 91.9 Å². The van der Waals surface area contributed by atoms with Gasteiger partial charge in [0.25, 0.3) is 0 Å². The third-order valence-corrected chi connectivity index (χ3v) is 1.41. The van der Waals surface area contributed by atoms with E-state index in [0.717, 1.165) is 6.08 Å². The fourth-order valence-corrected chi connectivity index (χ4v) is 0.717. The topological polar surface area (TPSA) is 93.0 Å². The Balaban J connectivity index is 3.86. The average Bonchev–Trinajstić information content (AvgIpc) is 2.23. The zero-order chi connectivity index (χ0) is 12.4. The van der Waals surface area contributed by atoms with Gasteiger partial charge in [0.15, 0.2) is 0 Å². The van der Waals surface area contributed by atoms with E-state index in [-0.39, 0.29) is 25.1 Å². The molecule has 1 N–H and O–H groups in total. The Morgan fingerprint density at radius 2 is 2.19 bits per heavy atom. The molecular formula is C10H11NO5. The molecule has 16 heavy (non-hydrogen) atoms. The van der Waals surface area contributed by atoms with E-state index in [9.17, 15) is 14.4 Å². The van der Waals surface area contributed by atoms with E-state index in [2.05, 4.69) is 16.3 Å². The first kappa shape index (κ1) is 13.8. The molecule has 0 atom stereocenters. The molecule has 0 amide bonds. The summed E-state index contributed by atoms with van der Waals surface area (Å²) in [6, 6.07) is 0. The fraction of sp³-hybridized carbons (Fsp3) is 0.300. The summed E-state index contributed by atoms with van der Waals surface area (Å²) < 4.78 is 4.67.